The number of ether oxygens (including phenoxy) is 1. The number of methoxy groups -OCH3 is 1. The van der Waals surface area contributed by atoms with Crippen LogP contribution in [0.1, 0.15) is 19.3 Å². The van der Waals surface area contributed by atoms with Gasteiger partial charge in [-0.1, -0.05) is 6.42 Å². The fourth-order valence-corrected chi connectivity index (χ4v) is 2.08. The van der Waals surface area contributed by atoms with E-state index in [0.717, 1.165) is 19.3 Å². The molecule has 3 unspecified atom stereocenters. The summed E-state index contributed by atoms with van der Waals surface area (Å²) in [7, 11) is 1.41. The van der Waals surface area contributed by atoms with Gasteiger partial charge in [-0.3, -0.25) is 9.63 Å². The maximum atomic E-state index is 11.2. The molecule has 4 nitrogen and oxygen atoms in total. The Bertz CT molecular complexity index is 195. The molecular weight excluding hydrogens is 158 g/mol. The van der Waals surface area contributed by atoms with Crippen molar-refractivity contribution in [3.05, 3.63) is 0 Å². The van der Waals surface area contributed by atoms with Gasteiger partial charge < -0.3 is 4.74 Å². The van der Waals surface area contributed by atoms with E-state index in [0.29, 0.717) is 5.92 Å². The van der Waals surface area contributed by atoms with Gasteiger partial charge in [-0.15, -0.1) is 0 Å². The van der Waals surface area contributed by atoms with Crippen molar-refractivity contribution in [1.29, 1.82) is 0 Å². The third-order valence-corrected chi connectivity index (χ3v) is 2.73. The second-order valence-corrected chi connectivity index (χ2v) is 3.37. The van der Waals surface area contributed by atoms with Crippen molar-refractivity contribution in [2.75, 3.05) is 7.11 Å². The van der Waals surface area contributed by atoms with Crippen molar-refractivity contribution in [3.8, 4) is 0 Å². The van der Waals surface area contributed by atoms with Crippen molar-refractivity contribution < 1.29 is 14.4 Å². The average molecular weight is 171 g/mol. The van der Waals surface area contributed by atoms with Crippen molar-refractivity contribution >= 4 is 5.97 Å². The summed E-state index contributed by atoms with van der Waals surface area (Å²) in [4.78, 5) is 16.5. The molecular formula is C8H13NO3. The number of hydroxylamine groups is 1. The van der Waals surface area contributed by atoms with Crippen LogP contribution in [0.25, 0.3) is 0 Å². The number of fused-ring (bicyclic) bond motifs is 1. The van der Waals surface area contributed by atoms with Gasteiger partial charge in [0, 0.05) is 5.92 Å². The maximum Gasteiger partial charge on any atom is 0.325 e. The van der Waals surface area contributed by atoms with E-state index in [9.17, 15) is 4.79 Å². The van der Waals surface area contributed by atoms with Gasteiger partial charge in [0.15, 0.2) is 0 Å². The minimum Gasteiger partial charge on any atom is -0.468 e. The summed E-state index contributed by atoms with van der Waals surface area (Å²) in [6.07, 6.45) is 3.52. The molecule has 0 aromatic rings. The van der Waals surface area contributed by atoms with Crippen LogP contribution in [-0.2, 0) is 14.4 Å². The van der Waals surface area contributed by atoms with Crippen LogP contribution in [0.3, 0.4) is 0 Å². The third kappa shape index (κ3) is 1.11. The van der Waals surface area contributed by atoms with Crippen LogP contribution in [0, 0.1) is 5.92 Å². The first kappa shape index (κ1) is 8.01. The number of hydrogen-bond acceptors (Lipinski definition) is 4. The van der Waals surface area contributed by atoms with Crippen LogP contribution in [0.4, 0.5) is 0 Å². The summed E-state index contributed by atoms with van der Waals surface area (Å²) in [5.41, 5.74) is 2.73. The van der Waals surface area contributed by atoms with Crippen molar-refractivity contribution in [2.45, 2.75) is 31.4 Å². The zero-order valence-electron chi connectivity index (χ0n) is 7.08. The highest BCUT2D eigenvalue weighted by Crippen LogP contribution is 2.34. The van der Waals surface area contributed by atoms with E-state index in [1.54, 1.807) is 0 Å². The van der Waals surface area contributed by atoms with Gasteiger partial charge in [-0.05, 0) is 12.8 Å². The lowest BCUT2D eigenvalue weighted by Crippen LogP contribution is -2.36. The van der Waals surface area contributed by atoms with E-state index in [1.165, 1.54) is 7.11 Å². The summed E-state index contributed by atoms with van der Waals surface area (Å²) in [5, 5.41) is 0. The first-order valence-electron chi connectivity index (χ1n) is 4.32. The lowest BCUT2D eigenvalue weighted by molar-refractivity contribution is -0.145. The molecule has 1 aliphatic heterocycles. The molecule has 1 heterocycles. The van der Waals surface area contributed by atoms with Gasteiger partial charge >= 0.3 is 5.97 Å². The molecule has 0 amide bonds. The molecule has 0 aromatic carbocycles. The molecule has 12 heavy (non-hydrogen) atoms. The molecule has 1 saturated carbocycles. The van der Waals surface area contributed by atoms with Crippen LogP contribution in [-0.4, -0.2) is 25.2 Å². The molecule has 0 aromatic heterocycles. The van der Waals surface area contributed by atoms with Gasteiger partial charge in [0.2, 0.25) is 0 Å². The molecule has 68 valence electrons. The topological polar surface area (TPSA) is 47.6 Å². The second-order valence-electron chi connectivity index (χ2n) is 3.37. The van der Waals surface area contributed by atoms with E-state index in [4.69, 9.17) is 4.84 Å². The molecule has 2 fully saturated rings. The molecule has 1 N–H and O–H groups in total. The van der Waals surface area contributed by atoms with Crippen LogP contribution in [0.15, 0.2) is 0 Å². The number of rotatable bonds is 1. The Labute approximate surface area is 71.2 Å². The molecule has 2 rings (SSSR count). The number of hydrogen-bond donors (Lipinski definition) is 1. The van der Waals surface area contributed by atoms with Crippen LogP contribution < -0.4 is 5.48 Å². The predicted octanol–water partition coefficient (Wildman–Crippen LogP) is 0.231. The fourth-order valence-electron chi connectivity index (χ4n) is 2.08. The van der Waals surface area contributed by atoms with Gasteiger partial charge in [0.25, 0.3) is 0 Å². The van der Waals surface area contributed by atoms with E-state index >= 15 is 0 Å². The summed E-state index contributed by atoms with van der Waals surface area (Å²) in [6, 6.07) is -0.234. The highest BCUT2D eigenvalue weighted by atomic mass is 16.7. The Morgan fingerprint density at radius 3 is 3.17 bits per heavy atom. The maximum absolute atomic E-state index is 11.2. The van der Waals surface area contributed by atoms with Gasteiger partial charge in [-0.25, -0.2) is 0 Å². The quantitative estimate of drug-likeness (QED) is 0.574. The molecule has 0 spiro atoms. The number of carbonyl (C=O) groups is 1. The van der Waals surface area contributed by atoms with Crippen molar-refractivity contribution in [1.82, 2.24) is 5.48 Å². The van der Waals surface area contributed by atoms with Crippen LogP contribution in [0.5, 0.6) is 0 Å². The number of esters is 1. The van der Waals surface area contributed by atoms with Crippen molar-refractivity contribution in [2.24, 2.45) is 5.92 Å². The third-order valence-electron chi connectivity index (χ3n) is 2.73. The zero-order chi connectivity index (χ0) is 8.55. The Balaban J connectivity index is 2.04. The van der Waals surface area contributed by atoms with Gasteiger partial charge in [0.05, 0.1) is 13.2 Å². The van der Waals surface area contributed by atoms with Crippen LogP contribution in [0.2, 0.25) is 0 Å². The zero-order valence-corrected chi connectivity index (χ0v) is 7.08. The van der Waals surface area contributed by atoms with E-state index in [1.807, 2.05) is 0 Å². The van der Waals surface area contributed by atoms with Crippen LogP contribution >= 0.6 is 0 Å². The lowest BCUT2D eigenvalue weighted by Gasteiger charge is -2.11. The smallest absolute Gasteiger partial charge is 0.325 e. The Hall–Kier alpha value is -0.610. The first-order valence-corrected chi connectivity index (χ1v) is 4.32. The summed E-state index contributed by atoms with van der Waals surface area (Å²) in [6.45, 7) is 0. The minimum atomic E-state index is -0.234. The Kier molecular flexibility index (Phi) is 2.02. The molecule has 3 atom stereocenters. The summed E-state index contributed by atoms with van der Waals surface area (Å²) >= 11 is 0. The summed E-state index contributed by atoms with van der Waals surface area (Å²) < 4.78 is 4.66. The second kappa shape index (κ2) is 3.03. The predicted molar refractivity (Wildman–Crippen MR) is 41.2 cm³/mol. The van der Waals surface area contributed by atoms with Crippen molar-refractivity contribution in [3.63, 3.8) is 0 Å². The first-order chi connectivity index (χ1) is 5.83. The van der Waals surface area contributed by atoms with E-state index in [-0.39, 0.29) is 18.1 Å². The highest BCUT2D eigenvalue weighted by Gasteiger charge is 2.44. The molecule has 4 heteroatoms. The molecule has 0 radical (unpaired) electrons. The molecule has 1 aliphatic carbocycles. The SMILES string of the molecule is COC(=O)C1NOC2CCCC21. The largest absolute Gasteiger partial charge is 0.468 e. The molecule has 1 saturated heterocycles. The van der Waals surface area contributed by atoms with Gasteiger partial charge in [-0.2, -0.15) is 5.48 Å². The van der Waals surface area contributed by atoms with E-state index < -0.39 is 0 Å². The minimum absolute atomic E-state index is 0.204. The molecule has 2 aliphatic rings. The Morgan fingerprint density at radius 2 is 2.42 bits per heavy atom. The standard InChI is InChI=1S/C8H13NO3/c1-11-8(10)7-5-3-2-4-6(5)12-9-7/h5-7,9H,2-4H2,1H3. The van der Waals surface area contributed by atoms with Gasteiger partial charge in [0.1, 0.15) is 6.04 Å². The fraction of sp³-hybridized carbons (Fsp3) is 0.875. The average Bonchev–Trinajstić information content (AvgIpc) is 2.62. The summed E-state index contributed by atoms with van der Waals surface area (Å²) in [5.74, 6) is 0.127. The monoisotopic (exact) mass is 171 g/mol. The number of nitrogens with one attached hydrogen (secondary N) is 1. The Morgan fingerprint density at radius 1 is 1.58 bits per heavy atom. The number of carbonyl (C=O) groups excluding carboxylic acids is 1. The van der Waals surface area contributed by atoms with E-state index in [2.05, 4.69) is 10.2 Å². The highest BCUT2D eigenvalue weighted by molar-refractivity contribution is 5.76. The molecule has 0 bridgehead atoms. The normalized spacial score (nSPS) is 39.6. The lowest BCUT2D eigenvalue weighted by atomic mass is 9.98.